The molecule has 6 heteroatoms. The van der Waals surface area contributed by atoms with Crippen LogP contribution in [0.15, 0.2) is 53.1 Å². The van der Waals surface area contributed by atoms with Crippen molar-refractivity contribution in [3.05, 3.63) is 60.2 Å². The Kier molecular flexibility index (Phi) is 4.65. The second kappa shape index (κ2) is 7.04. The summed E-state index contributed by atoms with van der Waals surface area (Å²) in [4.78, 5) is 11.0. The van der Waals surface area contributed by atoms with Crippen LogP contribution in [-0.2, 0) is 6.54 Å². The summed E-state index contributed by atoms with van der Waals surface area (Å²) in [7, 11) is 4.03. The van der Waals surface area contributed by atoms with Crippen molar-refractivity contribution in [2.45, 2.75) is 13.5 Å². The third kappa shape index (κ3) is 4.04. The Bertz CT molecular complexity index is 782. The molecule has 0 fully saturated rings. The van der Waals surface area contributed by atoms with Gasteiger partial charge in [-0.3, -0.25) is 0 Å². The second-order valence-electron chi connectivity index (χ2n) is 5.72. The molecule has 2 N–H and O–H groups in total. The first-order valence-electron chi connectivity index (χ1n) is 7.76. The summed E-state index contributed by atoms with van der Waals surface area (Å²) in [6.07, 6.45) is 1.66. The van der Waals surface area contributed by atoms with Crippen LogP contribution in [0.4, 0.5) is 23.1 Å². The van der Waals surface area contributed by atoms with Gasteiger partial charge < -0.3 is 20.0 Å². The molecule has 2 heterocycles. The number of hydrogen-bond donors (Lipinski definition) is 2. The van der Waals surface area contributed by atoms with Gasteiger partial charge in [0.15, 0.2) is 0 Å². The third-order valence-corrected chi connectivity index (χ3v) is 3.52. The smallest absolute Gasteiger partial charge is 0.229 e. The van der Waals surface area contributed by atoms with E-state index in [0.717, 1.165) is 28.6 Å². The van der Waals surface area contributed by atoms with Gasteiger partial charge in [0.05, 0.1) is 12.8 Å². The van der Waals surface area contributed by atoms with Gasteiger partial charge in [0.1, 0.15) is 11.6 Å². The van der Waals surface area contributed by atoms with E-state index in [9.17, 15) is 0 Å². The first-order valence-corrected chi connectivity index (χ1v) is 7.76. The number of aromatic nitrogens is 2. The van der Waals surface area contributed by atoms with Crippen molar-refractivity contribution in [1.82, 2.24) is 9.97 Å². The average Bonchev–Trinajstić information content (AvgIpc) is 3.06. The molecule has 2 aromatic heterocycles. The van der Waals surface area contributed by atoms with Crippen LogP contribution in [-0.4, -0.2) is 24.1 Å². The molecular formula is C18H21N5O. The number of hydrogen-bond acceptors (Lipinski definition) is 6. The zero-order valence-electron chi connectivity index (χ0n) is 14.1. The highest BCUT2D eigenvalue weighted by Gasteiger charge is 2.04. The van der Waals surface area contributed by atoms with Crippen molar-refractivity contribution < 1.29 is 4.42 Å². The Morgan fingerprint density at radius 2 is 1.88 bits per heavy atom. The van der Waals surface area contributed by atoms with Crippen LogP contribution in [0.5, 0.6) is 0 Å². The summed E-state index contributed by atoms with van der Waals surface area (Å²) in [6.45, 7) is 2.53. The van der Waals surface area contributed by atoms with Gasteiger partial charge in [0.25, 0.3) is 0 Å². The molecule has 0 saturated heterocycles. The minimum absolute atomic E-state index is 0.564. The van der Waals surface area contributed by atoms with Crippen molar-refractivity contribution in [3.63, 3.8) is 0 Å². The molecule has 0 bridgehead atoms. The van der Waals surface area contributed by atoms with Gasteiger partial charge in [-0.1, -0.05) is 0 Å². The predicted molar refractivity (Wildman–Crippen MR) is 96.9 cm³/mol. The number of aryl methyl sites for hydroxylation is 1. The van der Waals surface area contributed by atoms with E-state index in [1.807, 2.05) is 63.5 Å². The molecule has 6 nitrogen and oxygen atoms in total. The Hall–Kier alpha value is -3.02. The maximum absolute atomic E-state index is 5.32. The molecule has 1 aromatic carbocycles. The molecule has 3 aromatic rings. The zero-order valence-corrected chi connectivity index (χ0v) is 14.1. The molecule has 0 aliphatic heterocycles. The van der Waals surface area contributed by atoms with Gasteiger partial charge in [-0.15, -0.1) is 0 Å². The lowest BCUT2D eigenvalue weighted by Crippen LogP contribution is -2.08. The van der Waals surface area contributed by atoms with E-state index >= 15 is 0 Å². The maximum Gasteiger partial charge on any atom is 0.229 e. The van der Waals surface area contributed by atoms with Crippen LogP contribution in [0.1, 0.15) is 11.5 Å². The van der Waals surface area contributed by atoms with Gasteiger partial charge in [-0.25, -0.2) is 4.98 Å². The fraction of sp³-hybridized carbons (Fsp3) is 0.222. The van der Waals surface area contributed by atoms with Crippen molar-refractivity contribution in [2.24, 2.45) is 0 Å². The van der Waals surface area contributed by atoms with Gasteiger partial charge in [0, 0.05) is 37.2 Å². The van der Waals surface area contributed by atoms with Crippen LogP contribution in [0.2, 0.25) is 0 Å². The Balaban J connectivity index is 1.71. The van der Waals surface area contributed by atoms with Crippen molar-refractivity contribution >= 4 is 23.1 Å². The SMILES string of the molecule is Cc1cc(NCc2ccco2)nc(Nc2ccc(N(C)C)cc2)n1. The standard InChI is InChI=1S/C18H21N5O/c1-13-11-17(19-12-16-5-4-10-24-16)22-18(20-13)21-14-6-8-15(9-7-14)23(2)3/h4-11H,12H2,1-3H3,(H2,19,20,21,22). The number of benzene rings is 1. The quantitative estimate of drug-likeness (QED) is 0.719. The number of rotatable bonds is 6. The van der Waals surface area contributed by atoms with Gasteiger partial charge in [-0.05, 0) is 43.3 Å². The Morgan fingerprint density at radius 1 is 1.08 bits per heavy atom. The average molecular weight is 323 g/mol. The van der Waals surface area contributed by atoms with Crippen LogP contribution < -0.4 is 15.5 Å². The van der Waals surface area contributed by atoms with E-state index in [-0.39, 0.29) is 0 Å². The topological polar surface area (TPSA) is 66.2 Å². The molecule has 0 radical (unpaired) electrons. The largest absolute Gasteiger partial charge is 0.467 e. The van der Waals surface area contributed by atoms with Crippen molar-refractivity contribution in [1.29, 1.82) is 0 Å². The Labute approximate surface area is 141 Å². The predicted octanol–water partition coefficient (Wildman–Crippen LogP) is 3.80. The summed E-state index contributed by atoms with van der Waals surface area (Å²) in [5, 5.41) is 6.49. The second-order valence-corrected chi connectivity index (χ2v) is 5.72. The molecule has 0 aliphatic carbocycles. The van der Waals surface area contributed by atoms with E-state index < -0.39 is 0 Å². The highest BCUT2D eigenvalue weighted by Crippen LogP contribution is 2.19. The fourth-order valence-electron chi connectivity index (χ4n) is 2.28. The lowest BCUT2D eigenvalue weighted by atomic mass is 10.2. The molecular weight excluding hydrogens is 302 g/mol. The lowest BCUT2D eigenvalue weighted by molar-refractivity contribution is 0.518. The summed E-state index contributed by atoms with van der Waals surface area (Å²) in [6, 6.07) is 13.8. The minimum atomic E-state index is 0.564. The van der Waals surface area contributed by atoms with E-state index in [1.165, 1.54) is 0 Å². The first kappa shape index (κ1) is 15.9. The summed E-state index contributed by atoms with van der Waals surface area (Å²) >= 11 is 0. The third-order valence-electron chi connectivity index (χ3n) is 3.52. The van der Waals surface area contributed by atoms with Gasteiger partial charge in [0.2, 0.25) is 5.95 Å². The highest BCUT2D eigenvalue weighted by atomic mass is 16.3. The summed E-state index contributed by atoms with van der Waals surface area (Å²) in [5.41, 5.74) is 2.98. The normalized spacial score (nSPS) is 10.5. The monoisotopic (exact) mass is 323 g/mol. The van der Waals surface area contributed by atoms with Gasteiger partial charge >= 0.3 is 0 Å². The summed E-state index contributed by atoms with van der Waals surface area (Å²) in [5.74, 6) is 2.18. The van der Waals surface area contributed by atoms with Crippen LogP contribution in [0, 0.1) is 6.92 Å². The van der Waals surface area contributed by atoms with E-state index in [2.05, 4.69) is 25.5 Å². The summed E-state index contributed by atoms with van der Waals surface area (Å²) < 4.78 is 5.32. The van der Waals surface area contributed by atoms with Gasteiger partial charge in [-0.2, -0.15) is 4.98 Å². The molecule has 3 rings (SSSR count). The number of furan rings is 1. The van der Waals surface area contributed by atoms with Crippen LogP contribution >= 0.6 is 0 Å². The Morgan fingerprint density at radius 3 is 2.54 bits per heavy atom. The fourth-order valence-corrected chi connectivity index (χ4v) is 2.28. The molecule has 0 atom stereocenters. The van der Waals surface area contributed by atoms with Crippen LogP contribution in [0.3, 0.4) is 0 Å². The molecule has 0 spiro atoms. The maximum atomic E-state index is 5.32. The molecule has 0 aliphatic rings. The van der Waals surface area contributed by atoms with E-state index in [4.69, 9.17) is 4.42 Å². The first-order chi connectivity index (χ1) is 11.6. The highest BCUT2D eigenvalue weighted by molar-refractivity contribution is 5.59. The molecule has 0 unspecified atom stereocenters. The van der Waals surface area contributed by atoms with Crippen molar-refractivity contribution in [3.8, 4) is 0 Å². The number of anilines is 4. The zero-order chi connectivity index (χ0) is 16.9. The lowest BCUT2D eigenvalue weighted by Gasteiger charge is -2.13. The van der Waals surface area contributed by atoms with Crippen LogP contribution in [0.25, 0.3) is 0 Å². The minimum Gasteiger partial charge on any atom is -0.467 e. The molecule has 24 heavy (non-hydrogen) atoms. The number of nitrogens with zero attached hydrogens (tertiary/aromatic N) is 3. The molecule has 124 valence electrons. The number of nitrogens with one attached hydrogen (secondary N) is 2. The molecule has 0 amide bonds. The van der Waals surface area contributed by atoms with E-state index in [0.29, 0.717) is 12.5 Å². The van der Waals surface area contributed by atoms with E-state index in [1.54, 1.807) is 6.26 Å². The van der Waals surface area contributed by atoms with Crippen molar-refractivity contribution in [2.75, 3.05) is 29.6 Å². The molecule has 0 saturated carbocycles.